The highest BCUT2D eigenvalue weighted by atomic mass is 79.9. The fourth-order valence-electron chi connectivity index (χ4n) is 2.85. The van der Waals surface area contributed by atoms with E-state index in [9.17, 15) is 0 Å². The molecule has 2 unspecified atom stereocenters. The predicted octanol–water partition coefficient (Wildman–Crippen LogP) is 4.22. The van der Waals surface area contributed by atoms with E-state index in [1.807, 2.05) is 12.1 Å². The third-order valence-corrected chi connectivity index (χ3v) is 4.46. The van der Waals surface area contributed by atoms with Gasteiger partial charge in [0.15, 0.2) is 0 Å². The smallest absolute Gasteiger partial charge is 0.123 e. The molecule has 1 saturated heterocycles. The third-order valence-electron chi connectivity index (χ3n) is 3.97. The molecule has 0 radical (unpaired) electrons. The first-order chi connectivity index (χ1) is 8.61. The quantitative estimate of drug-likeness (QED) is 0.828. The van der Waals surface area contributed by atoms with Gasteiger partial charge >= 0.3 is 0 Å². The Kier molecular flexibility index (Phi) is 4.68. The number of rotatable bonds is 3. The van der Waals surface area contributed by atoms with Gasteiger partial charge in [-0.15, -0.1) is 0 Å². The van der Waals surface area contributed by atoms with Crippen molar-refractivity contribution in [1.29, 1.82) is 0 Å². The van der Waals surface area contributed by atoms with Crippen molar-refractivity contribution in [2.45, 2.75) is 51.7 Å². The standard InChI is InChI=1S/C15H22BrNO/c1-11-5-4-6-12(2)17(11)10-13-9-14(16)7-8-15(13)18-3/h7-9,11-12H,4-6,10H2,1-3H3. The number of piperidine rings is 1. The Labute approximate surface area is 118 Å². The van der Waals surface area contributed by atoms with E-state index in [2.05, 4.69) is 40.7 Å². The first-order valence-electron chi connectivity index (χ1n) is 6.70. The van der Waals surface area contributed by atoms with E-state index in [0.29, 0.717) is 12.1 Å². The molecular weight excluding hydrogens is 290 g/mol. The number of benzene rings is 1. The highest BCUT2D eigenvalue weighted by Gasteiger charge is 2.25. The monoisotopic (exact) mass is 311 g/mol. The molecule has 1 aromatic rings. The Balaban J connectivity index is 2.19. The summed E-state index contributed by atoms with van der Waals surface area (Å²) < 4.78 is 6.59. The second-order valence-corrected chi connectivity index (χ2v) is 6.17. The van der Waals surface area contributed by atoms with Gasteiger partial charge in [0.1, 0.15) is 5.75 Å². The zero-order valence-corrected chi connectivity index (χ0v) is 13.0. The lowest BCUT2D eigenvalue weighted by Gasteiger charge is -2.39. The zero-order valence-electron chi connectivity index (χ0n) is 11.4. The van der Waals surface area contributed by atoms with E-state index in [4.69, 9.17) is 4.74 Å². The third kappa shape index (κ3) is 3.07. The lowest BCUT2D eigenvalue weighted by molar-refractivity contribution is 0.0943. The summed E-state index contributed by atoms with van der Waals surface area (Å²) >= 11 is 3.55. The number of ether oxygens (including phenoxy) is 1. The summed E-state index contributed by atoms with van der Waals surface area (Å²) in [4.78, 5) is 2.59. The largest absolute Gasteiger partial charge is 0.496 e. The summed E-state index contributed by atoms with van der Waals surface area (Å²) in [6.07, 6.45) is 3.97. The van der Waals surface area contributed by atoms with E-state index < -0.39 is 0 Å². The molecule has 0 N–H and O–H groups in total. The minimum Gasteiger partial charge on any atom is -0.496 e. The van der Waals surface area contributed by atoms with Gasteiger partial charge in [0, 0.05) is 28.7 Å². The van der Waals surface area contributed by atoms with Gasteiger partial charge in [-0.3, -0.25) is 4.90 Å². The number of halogens is 1. The van der Waals surface area contributed by atoms with Crippen LogP contribution in [-0.2, 0) is 6.54 Å². The maximum absolute atomic E-state index is 5.46. The van der Waals surface area contributed by atoms with Crippen LogP contribution >= 0.6 is 15.9 Å². The molecule has 1 heterocycles. The van der Waals surface area contributed by atoms with Crippen molar-refractivity contribution in [3.63, 3.8) is 0 Å². The Hall–Kier alpha value is -0.540. The van der Waals surface area contributed by atoms with Crippen LogP contribution in [0.3, 0.4) is 0 Å². The minimum atomic E-state index is 0.664. The zero-order chi connectivity index (χ0) is 13.1. The molecule has 0 aliphatic carbocycles. The highest BCUT2D eigenvalue weighted by molar-refractivity contribution is 9.10. The number of hydrogen-bond donors (Lipinski definition) is 0. The van der Waals surface area contributed by atoms with Crippen LogP contribution in [0.25, 0.3) is 0 Å². The molecule has 2 rings (SSSR count). The van der Waals surface area contributed by atoms with Crippen LogP contribution in [0.5, 0.6) is 5.75 Å². The molecule has 1 fully saturated rings. The molecule has 0 bridgehead atoms. The maximum atomic E-state index is 5.46. The molecule has 18 heavy (non-hydrogen) atoms. The van der Waals surface area contributed by atoms with Crippen LogP contribution in [0.2, 0.25) is 0 Å². The summed E-state index contributed by atoms with van der Waals surface area (Å²) in [6, 6.07) is 7.58. The normalized spacial score (nSPS) is 25.1. The SMILES string of the molecule is COc1ccc(Br)cc1CN1C(C)CCCC1C. The van der Waals surface area contributed by atoms with Crippen LogP contribution in [0.4, 0.5) is 0 Å². The van der Waals surface area contributed by atoms with Gasteiger partial charge < -0.3 is 4.74 Å². The molecule has 3 heteroatoms. The summed E-state index contributed by atoms with van der Waals surface area (Å²) in [5, 5.41) is 0. The summed E-state index contributed by atoms with van der Waals surface area (Å²) in [7, 11) is 1.75. The van der Waals surface area contributed by atoms with Gasteiger partial charge in [-0.1, -0.05) is 22.4 Å². The van der Waals surface area contributed by atoms with Crippen LogP contribution in [0, 0.1) is 0 Å². The van der Waals surface area contributed by atoms with Crippen LogP contribution < -0.4 is 4.74 Å². The summed E-state index contributed by atoms with van der Waals surface area (Å²) in [5.74, 6) is 0.989. The molecule has 0 saturated carbocycles. The number of methoxy groups -OCH3 is 1. The van der Waals surface area contributed by atoms with Crippen molar-refractivity contribution in [2.75, 3.05) is 7.11 Å². The molecule has 0 spiro atoms. The second-order valence-electron chi connectivity index (χ2n) is 5.26. The molecular formula is C15H22BrNO. The maximum Gasteiger partial charge on any atom is 0.123 e. The Morgan fingerprint density at radius 1 is 1.28 bits per heavy atom. The molecule has 0 amide bonds. The average Bonchev–Trinajstić information content (AvgIpc) is 2.34. The van der Waals surface area contributed by atoms with Crippen molar-refractivity contribution in [2.24, 2.45) is 0 Å². The Morgan fingerprint density at radius 2 is 1.94 bits per heavy atom. The molecule has 1 aliphatic rings. The van der Waals surface area contributed by atoms with Gasteiger partial charge in [-0.25, -0.2) is 0 Å². The highest BCUT2D eigenvalue weighted by Crippen LogP contribution is 2.29. The number of likely N-dealkylation sites (tertiary alicyclic amines) is 1. The second kappa shape index (κ2) is 6.07. The summed E-state index contributed by atoms with van der Waals surface area (Å²) in [5.41, 5.74) is 1.27. The number of nitrogens with zero attached hydrogens (tertiary/aromatic N) is 1. The molecule has 2 atom stereocenters. The van der Waals surface area contributed by atoms with E-state index >= 15 is 0 Å². The molecule has 0 aromatic heterocycles. The fourth-order valence-corrected chi connectivity index (χ4v) is 3.26. The lowest BCUT2D eigenvalue weighted by Crippen LogP contribution is -2.43. The molecule has 1 aromatic carbocycles. The average molecular weight is 312 g/mol. The molecule has 2 nitrogen and oxygen atoms in total. The fraction of sp³-hybridized carbons (Fsp3) is 0.600. The first kappa shape index (κ1) is 13.9. The van der Waals surface area contributed by atoms with Gasteiger partial charge in [0.25, 0.3) is 0 Å². The number of hydrogen-bond acceptors (Lipinski definition) is 2. The van der Waals surface area contributed by atoms with Gasteiger partial charge in [-0.05, 0) is 44.9 Å². The van der Waals surface area contributed by atoms with E-state index in [1.54, 1.807) is 7.11 Å². The van der Waals surface area contributed by atoms with Crippen molar-refractivity contribution in [1.82, 2.24) is 4.90 Å². The molecule has 1 aliphatic heterocycles. The Morgan fingerprint density at radius 3 is 2.56 bits per heavy atom. The van der Waals surface area contributed by atoms with E-state index in [-0.39, 0.29) is 0 Å². The van der Waals surface area contributed by atoms with E-state index in [0.717, 1.165) is 16.8 Å². The van der Waals surface area contributed by atoms with Gasteiger partial charge in [0.05, 0.1) is 7.11 Å². The van der Waals surface area contributed by atoms with Gasteiger partial charge in [-0.2, -0.15) is 0 Å². The topological polar surface area (TPSA) is 12.5 Å². The lowest BCUT2D eigenvalue weighted by atomic mass is 9.96. The minimum absolute atomic E-state index is 0.664. The Bertz CT molecular complexity index is 397. The van der Waals surface area contributed by atoms with Crippen molar-refractivity contribution >= 4 is 15.9 Å². The van der Waals surface area contributed by atoms with Crippen molar-refractivity contribution in [3.8, 4) is 5.75 Å². The van der Waals surface area contributed by atoms with E-state index in [1.165, 1.54) is 24.8 Å². The summed E-state index contributed by atoms with van der Waals surface area (Å²) in [6.45, 7) is 5.64. The first-order valence-corrected chi connectivity index (χ1v) is 7.49. The van der Waals surface area contributed by atoms with Crippen LogP contribution in [0.1, 0.15) is 38.7 Å². The van der Waals surface area contributed by atoms with Crippen LogP contribution in [-0.4, -0.2) is 24.1 Å². The van der Waals surface area contributed by atoms with Crippen molar-refractivity contribution < 1.29 is 4.74 Å². The predicted molar refractivity (Wildman–Crippen MR) is 79.0 cm³/mol. The van der Waals surface area contributed by atoms with Gasteiger partial charge in [0.2, 0.25) is 0 Å². The molecule has 100 valence electrons. The van der Waals surface area contributed by atoms with Crippen molar-refractivity contribution in [3.05, 3.63) is 28.2 Å². The van der Waals surface area contributed by atoms with Crippen LogP contribution in [0.15, 0.2) is 22.7 Å².